The molecular formula is C21H38N2O2. The molecule has 1 unspecified atom stereocenters. The minimum absolute atomic E-state index is 0.381. The summed E-state index contributed by atoms with van der Waals surface area (Å²) in [5, 5.41) is 0. The monoisotopic (exact) mass is 350 g/mol. The Morgan fingerprint density at radius 2 is 1.92 bits per heavy atom. The van der Waals surface area contributed by atoms with Gasteiger partial charge in [-0.15, -0.1) is 0 Å². The zero-order valence-electron chi connectivity index (χ0n) is 17.0. The number of nitrogens with zero attached hydrogens (tertiary/aromatic N) is 2. The van der Waals surface area contributed by atoms with Gasteiger partial charge in [0.05, 0.1) is 13.2 Å². The Kier molecular flexibility index (Phi) is 7.98. The molecule has 2 aliphatic rings. The molecule has 0 saturated carbocycles. The molecule has 0 aromatic heterocycles. The van der Waals surface area contributed by atoms with Crippen molar-refractivity contribution in [2.75, 3.05) is 46.6 Å². The van der Waals surface area contributed by atoms with E-state index in [1.165, 1.54) is 24.1 Å². The van der Waals surface area contributed by atoms with Gasteiger partial charge in [-0.1, -0.05) is 26.3 Å². The molecule has 2 rings (SSSR count). The molecule has 2 heterocycles. The first kappa shape index (κ1) is 20.5. The summed E-state index contributed by atoms with van der Waals surface area (Å²) in [6.45, 7) is 14.9. The number of hydrogen-bond acceptors (Lipinski definition) is 4. The molecule has 0 bridgehead atoms. The average Bonchev–Trinajstić information content (AvgIpc) is 2.56. The number of hydrogen-bond donors (Lipinski definition) is 0. The largest absolute Gasteiger partial charge is 0.385 e. The van der Waals surface area contributed by atoms with Crippen LogP contribution in [-0.2, 0) is 9.47 Å². The number of morpholine rings is 1. The fourth-order valence-corrected chi connectivity index (χ4v) is 3.70. The van der Waals surface area contributed by atoms with Crippen molar-refractivity contribution >= 4 is 0 Å². The first-order valence-electron chi connectivity index (χ1n) is 9.87. The van der Waals surface area contributed by atoms with Crippen LogP contribution in [0, 0.1) is 5.41 Å². The number of methoxy groups -OCH3 is 1. The highest BCUT2D eigenvalue weighted by Crippen LogP contribution is 2.28. The topological polar surface area (TPSA) is 24.9 Å². The van der Waals surface area contributed by atoms with Gasteiger partial charge in [0.2, 0.25) is 0 Å². The molecule has 2 aliphatic heterocycles. The van der Waals surface area contributed by atoms with Gasteiger partial charge in [0.25, 0.3) is 0 Å². The molecule has 0 N–H and O–H groups in total. The third kappa shape index (κ3) is 6.76. The molecule has 4 nitrogen and oxygen atoms in total. The predicted octanol–water partition coefficient (Wildman–Crippen LogP) is 4.04. The van der Waals surface area contributed by atoms with Crippen molar-refractivity contribution in [3.8, 4) is 0 Å². The first-order chi connectivity index (χ1) is 11.9. The summed E-state index contributed by atoms with van der Waals surface area (Å²) in [7, 11) is 1.79. The van der Waals surface area contributed by atoms with E-state index in [-0.39, 0.29) is 0 Å². The quantitative estimate of drug-likeness (QED) is 0.617. The van der Waals surface area contributed by atoms with Crippen molar-refractivity contribution in [3.63, 3.8) is 0 Å². The fourth-order valence-electron chi connectivity index (χ4n) is 3.70. The molecule has 0 aliphatic carbocycles. The number of rotatable bonds is 8. The van der Waals surface area contributed by atoms with Crippen LogP contribution in [0.25, 0.3) is 0 Å². The fraction of sp³-hybridized carbons (Fsp3) is 0.810. The molecule has 0 aromatic carbocycles. The molecule has 4 heteroatoms. The van der Waals surface area contributed by atoms with Crippen LogP contribution in [0.2, 0.25) is 0 Å². The summed E-state index contributed by atoms with van der Waals surface area (Å²) in [5.74, 6) is 0. The van der Waals surface area contributed by atoms with Gasteiger partial charge >= 0.3 is 0 Å². The van der Waals surface area contributed by atoms with Crippen LogP contribution in [0.3, 0.4) is 0 Å². The lowest BCUT2D eigenvalue weighted by atomic mass is 9.90. The second kappa shape index (κ2) is 9.75. The van der Waals surface area contributed by atoms with E-state index in [1.54, 1.807) is 7.11 Å². The Balaban J connectivity index is 2.09. The lowest BCUT2D eigenvalue weighted by Gasteiger charge is -2.44. The van der Waals surface area contributed by atoms with E-state index in [0.29, 0.717) is 11.6 Å². The van der Waals surface area contributed by atoms with Crippen molar-refractivity contribution < 1.29 is 9.47 Å². The molecule has 0 radical (unpaired) electrons. The van der Waals surface area contributed by atoms with Gasteiger partial charge in [-0.25, -0.2) is 0 Å². The van der Waals surface area contributed by atoms with Crippen molar-refractivity contribution in [3.05, 3.63) is 23.4 Å². The normalized spacial score (nSPS) is 22.8. The summed E-state index contributed by atoms with van der Waals surface area (Å²) >= 11 is 0. The molecule has 0 aromatic rings. The Bertz CT molecular complexity index is 459. The average molecular weight is 351 g/mol. The SMILES string of the molecule is COCCCC1=CC(C)=CC(N2CCOCC2)N1CCCC(C)(C)C. The summed E-state index contributed by atoms with van der Waals surface area (Å²) in [6.07, 6.45) is 9.86. The van der Waals surface area contributed by atoms with Crippen LogP contribution in [0.5, 0.6) is 0 Å². The number of ether oxygens (including phenoxy) is 2. The lowest BCUT2D eigenvalue weighted by Crippen LogP contribution is -2.52. The Morgan fingerprint density at radius 3 is 2.56 bits per heavy atom. The van der Waals surface area contributed by atoms with Gasteiger partial charge in [-0.3, -0.25) is 4.90 Å². The van der Waals surface area contributed by atoms with Crippen LogP contribution in [0.1, 0.15) is 53.4 Å². The smallest absolute Gasteiger partial charge is 0.102 e. The summed E-state index contributed by atoms with van der Waals surface area (Å²) < 4.78 is 10.8. The molecule has 1 fully saturated rings. The van der Waals surface area contributed by atoms with Gasteiger partial charge in [-0.2, -0.15) is 0 Å². The van der Waals surface area contributed by atoms with Crippen LogP contribution < -0.4 is 0 Å². The van der Waals surface area contributed by atoms with Gasteiger partial charge < -0.3 is 14.4 Å². The predicted molar refractivity (Wildman–Crippen MR) is 105 cm³/mol. The third-order valence-electron chi connectivity index (χ3n) is 5.02. The summed E-state index contributed by atoms with van der Waals surface area (Å²) in [4.78, 5) is 5.22. The van der Waals surface area contributed by atoms with Crippen molar-refractivity contribution in [2.45, 2.75) is 59.5 Å². The molecule has 1 saturated heterocycles. The second-order valence-electron chi connectivity index (χ2n) is 8.56. The molecule has 25 heavy (non-hydrogen) atoms. The van der Waals surface area contributed by atoms with E-state index >= 15 is 0 Å². The second-order valence-corrected chi connectivity index (χ2v) is 8.56. The first-order valence-corrected chi connectivity index (χ1v) is 9.87. The van der Waals surface area contributed by atoms with Crippen molar-refractivity contribution in [1.82, 2.24) is 9.80 Å². The van der Waals surface area contributed by atoms with E-state index < -0.39 is 0 Å². The third-order valence-corrected chi connectivity index (χ3v) is 5.02. The molecule has 144 valence electrons. The highest BCUT2D eigenvalue weighted by Gasteiger charge is 2.29. The van der Waals surface area contributed by atoms with Gasteiger partial charge in [0, 0.05) is 39.0 Å². The summed E-state index contributed by atoms with van der Waals surface area (Å²) in [6, 6.07) is 0. The van der Waals surface area contributed by atoms with Crippen LogP contribution in [0.4, 0.5) is 0 Å². The zero-order valence-corrected chi connectivity index (χ0v) is 17.0. The minimum Gasteiger partial charge on any atom is -0.385 e. The van der Waals surface area contributed by atoms with Gasteiger partial charge in [0.15, 0.2) is 0 Å². The van der Waals surface area contributed by atoms with Gasteiger partial charge in [0.1, 0.15) is 6.17 Å². The lowest BCUT2D eigenvalue weighted by molar-refractivity contribution is -0.00998. The van der Waals surface area contributed by atoms with Crippen LogP contribution in [0.15, 0.2) is 23.4 Å². The van der Waals surface area contributed by atoms with Crippen molar-refractivity contribution in [2.24, 2.45) is 5.41 Å². The zero-order chi connectivity index (χ0) is 18.3. The molecular weight excluding hydrogens is 312 g/mol. The molecule has 0 amide bonds. The molecule has 0 spiro atoms. The maximum atomic E-state index is 5.57. The van der Waals surface area contributed by atoms with E-state index in [4.69, 9.17) is 9.47 Å². The van der Waals surface area contributed by atoms with Crippen LogP contribution >= 0.6 is 0 Å². The Labute approximate surface area is 154 Å². The Hall–Kier alpha value is -0.840. The van der Waals surface area contributed by atoms with Crippen LogP contribution in [-0.4, -0.2) is 62.5 Å². The summed E-state index contributed by atoms with van der Waals surface area (Å²) in [5.41, 5.74) is 3.26. The molecule has 1 atom stereocenters. The Morgan fingerprint density at radius 1 is 1.20 bits per heavy atom. The minimum atomic E-state index is 0.381. The van der Waals surface area contributed by atoms with E-state index in [0.717, 1.165) is 52.3 Å². The van der Waals surface area contributed by atoms with E-state index in [1.807, 2.05) is 0 Å². The number of allylic oxidation sites excluding steroid dienone is 3. The highest BCUT2D eigenvalue weighted by molar-refractivity contribution is 5.28. The van der Waals surface area contributed by atoms with Gasteiger partial charge in [-0.05, 0) is 50.2 Å². The van der Waals surface area contributed by atoms with E-state index in [2.05, 4.69) is 49.6 Å². The highest BCUT2D eigenvalue weighted by atomic mass is 16.5. The standard InChI is InChI=1S/C21H38N2O2/c1-18-16-19(8-6-13-24-5)23(10-7-9-21(2,3)4)20(17-18)22-11-14-25-15-12-22/h16-17,20H,6-15H2,1-5H3. The maximum Gasteiger partial charge on any atom is 0.102 e. The van der Waals surface area contributed by atoms with E-state index in [9.17, 15) is 0 Å². The maximum absolute atomic E-state index is 5.57. The van der Waals surface area contributed by atoms with Crippen molar-refractivity contribution in [1.29, 1.82) is 0 Å².